The van der Waals surface area contributed by atoms with Gasteiger partial charge in [0.2, 0.25) is 0 Å². The Balaban J connectivity index is 1.35. The van der Waals surface area contributed by atoms with Gasteiger partial charge in [0.1, 0.15) is 23.7 Å². The summed E-state index contributed by atoms with van der Waals surface area (Å²) >= 11 is 6.47. The summed E-state index contributed by atoms with van der Waals surface area (Å²) in [5.41, 5.74) is 3.02. The molecule has 0 amide bonds. The van der Waals surface area contributed by atoms with Gasteiger partial charge in [-0.25, -0.2) is 4.79 Å². The van der Waals surface area contributed by atoms with Crippen molar-refractivity contribution in [1.29, 1.82) is 0 Å². The highest BCUT2D eigenvalue weighted by Gasteiger charge is 2.19. The molecule has 0 unspecified atom stereocenters. The number of phenolic OH excluding ortho intramolecular Hbond substituents is 1. The zero-order valence-electron chi connectivity index (χ0n) is 20.2. The van der Waals surface area contributed by atoms with Crippen LogP contribution in [0, 0.1) is 0 Å². The molecule has 3 aromatic carbocycles. The van der Waals surface area contributed by atoms with Crippen LogP contribution in [0.3, 0.4) is 0 Å². The Hall–Kier alpha value is -3.28. The second-order valence-corrected chi connectivity index (χ2v) is 9.71. The van der Waals surface area contributed by atoms with Crippen molar-refractivity contribution >= 4 is 22.6 Å². The van der Waals surface area contributed by atoms with Crippen LogP contribution in [-0.4, -0.2) is 36.2 Å². The van der Waals surface area contributed by atoms with E-state index in [2.05, 4.69) is 17.0 Å². The average Bonchev–Trinajstić information content (AvgIpc) is 2.89. The maximum atomic E-state index is 13.1. The number of fused-ring (bicyclic) bond motifs is 1. The number of benzene rings is 3. The molecule has 4 aromatic rings. The molecule has 5 nitrogen and oxygen atoms in total. The lowest BCUT2D eigenvalue weighted by molar-refractivity contribution is 0.183. The van der Waals surface area contributed by atoms with Crippen LogP contribution in [0.4, 0.5) is 0 Å². The lowest BCUT2D eigenvalue weighted by Gasteiger charge is -2.26. The number of ether oxygens (including phenoxy) is 1. The SMILES string of the molecule is O=c1oc2cc(O)ccc2c(CCc2ccc(OCCN3CCCCC3)cc2)c1-c1ccccc1Cl. The van der Waals surface area contributed by atoms with E-state index in [1.54, 1.807) is 18.2 Å². The Morgan fingerprint density at radius 2 is 1.72 bits per heavy atom. The van der Waals surface area contributed by atoms with Gasteiger partial charge >= 0.3 is 5.63 Å². The fourth-order valence-electron chi connectivity index (χ4n) is 4.95. The normalized spacial score (nSPS) is 14.2. The molecule has 1 N–H and O–H groups in total. The first kappa shape index (κ1) is 24.4. The second kappa shape index (κ2) is 11.2. The third-order valence-corrected chi connectivity index (χ3v) is 7.18. The van der Waals surface area contributed by atoms with E-state index >= 15 is 0 Å². The predicted molar refractivity (Wildman–Crippen MR) is 144 cm³/mol. The van der Waals surface area contributed by atoms with Crippen LogP contribution in [0.25, 0.3) is 22.1 Å². The van der Waals surface area contributed by atoms with Crippen molar-refractivity contribution in [3.63, 3.8) is 0 Å². The summed E-state index contributed by atoms with van der Waals surface area (Å²) in [5.74, 6) is 0.923. The summed E-state index contributed by atoms with van der Waals surface area (Å²) in [6.45, 7) is 4.00. The van der Waals surface area contributed by atoms with Crippen molar-refractivity contribution in [3.8, 4) is 22.6 Å². The molecule has 1 aliphatic heterocycles. The number of hydrogen-bond donors (Lipinski definition) is 1. The number of rotatable bonds is 8. The van der Waals surface area contributed by atoms with Gasteiger partial charge in [-0.15, -0.1) is 0 Å². The van der Waals surface area contributed by atoms with E-state index in [1.807, 2.05) is 30.3 Å². The van der Waals surface area contributed by atoms with Crippen LogP contribution in [-0.2, 0) is 12.8 Å². The van der Waals surface area contributed by atoms with Crippen molar-refractivity contribution in [3.05, 3.63) is 93.3 Å². The number of aromatic hydroxyl groups is 1. The van der Waals surface area contributed by atoms with Gasteiger partial charge in [-0.3, -0.25) is 4.90 Å². The molecule has 2 heterocycles. The van der Waals surface area contributed by atoms with Gasteiger partial charge in [0, 0.05) is 28.6 Å². The van der Waals surface area contributed by atoms with Crippen LogP contribution in [0.5, 0.6) is 11.5 Å². The summed E-state index contributed by atoms with van der Waals surface area (Å²) in [6, 6.07) is 20.3. The Labute approximate surface area is 215 Å². The number of hydrogen-bond acceptors (Lipinski definition) is 5. The number of halogens is 1. The van der Waals surface area contributed by atoms with Crippen LogP contribution in [0.15, 0.2) is 75.9 Å². The van der Waals surface area contributed by atoms with Crippen molar-refractivity contribution in [1.82, 2.24) is 4.90 Å². The van der Waals surface area contributed by atoms with Crippen LogP contribution >= 0.6 is 11.6 Å². The molecule has 6 heteroatoms. The molecule has 0 atom stereocenters. The number of likely N-dealkylation sites (tertiary alicyclic amines) is 1. The Bertz CT molecular complexity index is 1390. The topological polar surface area (TPSA) is 62.9 Å². The fourth-order valence-corrected chi connectivity index (χ4v) is 5.18. The van der Waals surface area contributed by atoms with E-state index in [1.165, 1.54) is 38.4 Å². The van der Waals surface area contributed by atoms with E-state index in [-0.39, 0.29) is 5.75 Å². The molecular formula is C30H30ClNO4. The summed E-state index contributed by atoms with van der Waals surface area (Å²) in [5, 5.41) is 11.2. The third-order valence-electron chi connectivity index (χ3n) is 6.85. The lowest BCUT2D eigenvalue weighted by Crippen LogP contribution is -2.33. The van der Waals surface area contributed by atoms with E-state index in [0.29, 0.717) is 34.8 Å². The molecule has 0 saturated carbocycles. The highest BCUT2D eigenvalue weighted by molar-refractivity contribution is 6.33. The van der Waals surface area contributed by atoms with E-state index in [9.17, 15) is 9.90 Å². The molecule has 0 bridgehead atoms. The average molecular weight is 504 g/mol. The molecule has 0 radical (unpaired) electrons. The third kappa shape index (κ3) is 5.58. The summed E-state index contributed by atoms with van der Waals surface area (Å²) in [7, 11) is 0. The first-order chi connectivity index (χ1) is 17.6. The summed E-state index contributed by atoms with van der Waals surface area (Å²) in [6.07, 6.45) is 5.25. The smallest absolute Gasteiger partial charge is 0.344 e. The molecule has 0 aliphatic carbocycles. The number of phenols is 1. The molecule has 1 fully saturated rings. The maximum Gasteiger partial charge on any atom is 0.344 e. The molecule has 1 aliphatic rings. The van der Waals surface area contributed by atoms with Crippen molar-refractivity contribution in [2.75, 3.05) is 26.2 Å². The molecule has 186 valence electrons. The fraction of sp³-hybridized carbons (Fsp3) is 0.300. The molecule has 1 saturated heterocycles. The Morgan fingerprint density at radius 3 is 2.50 bits per heavy atom. The molecular weight excluding hydrogens is 474 g/mol. The standard InChI is InChI=1S/C30H30ClNO4/c31-27-7-3-2-6-26(27)29-25(24-15-11-22(33)20-28(24)36-30(29)34)14-10-21-8-12-23(13-9-21)35-19-18-32-16-4-1-5-17-32/h2-3,6-9,11-13,15,20,33H,1,4-5,10,14,16-19H2. The molecule has 1 aromatic heterocycles. The highest BCUT2D eigenvalue weighted by atomic mass is 35.5. The zero-order chi connectivity index (χ0) is 24.9. The van der Waals surface area contributed by atoms with Crippen LogP contribution in [0.2, 0.25) is 5.02 Å². The quantitative estimate of drug-likeness (QED) is 0.279. The first-order valence-electron chi connectivity index (χ1n) is 12.6. The first-order valence-corrected chi connectivity index (χ1v) is 12.9. The van der Waals surface area contributed by atoms with Crippen LogP contribution < -0.4 is 10.4 Å². The minimum absolute atomic E-state index is 0.0537. The zero-order valence-corrected chi connectivity index (χ0v) is 21.0. The number of nitrogens with zero attached hydrogens (tertiary/aromatic N) is 1. The minimum Gasteiger partial charge on any atom is -0.508 e. The minimum atomic E-state index is -0.464. The Morgan fingerprint density at radius 1 is 0.944 bits per heavy atom. The van der Waals surface area contributed by atoms with Gasteiger partial charge in [-0.2, -0.15) is 0 Å². The number of piperidine rings is 1. The van der Waals surface area contributed by atoms with E-state index in [4.69, 9.17) is 20.8 Å². The van der Waals surface area contributed by atoms with Gasteiger partial charge in [-0.05, 0) is 80.2 Å². The molecule has 0 spiro atoms. The molecule has 5 rings (SSSR count). The predicted octanol–water partition coefficient (Wildman–Crippen LogP) is 6.47. The Kier molecular flexibility index (Phi) is 7.59. The van der Waals surface area contributed by atoms with E-state index < -0.39 is 5.63 Å². The van der Waals surface area contributed by atoms with Gasteiger partial charge in [-0.1, -0.05) is 48.4 Å². The van der Waals surface area contributed by atoms with Crippen LogP contribution in [0.1, 0.15) is 30.4 Å². The van der Waals surface area contributed by atoms with Gasteiger partial charge in [0.25, 0.3) is 0 Å². The van der Waals surface area contributed by atoms with Crippen molar-refractivity contribution in [2.45, 2.75) is 32.1 Å². The lowest BCUT2D eigenvalue weighted by atomic mass is 9.93. The largest absolute Gasteiger partial charge is 0.508 e. The van der Waals surface area contributed by atoms with E-state index in [0.717, 1.165) is 35.2 Å². The summed E-state index contributed by atoms with van der Waals surface area (Å²) in [4.78, 5) is 15.5. The monoisotopic (exact) mass is 503 g/mol. The number of aryl methyl sites for hydroxylation is 2. The van der Waals surface area contributed by atoms with Crippen molar-refractivity contribution < 1.29 is 14.3 Å². The summed E-state index contributed by atoms with van der Waals surface area (Å²) < 4.78 is 11.5. The van der Waals surface area contributed by atoms with Gasteiger partial charge < -0.3 is 14.3 Å². The molecule has 36 heavy (non-hydrogen) atoms. The maximum absolute atomic E-state index is 13.1. The van der Waals surface area contributed by atoms with Crippen molar-refractivity contribution in [2.24, 2.45) is 0 Å². The van der Waals surface area contributed by atoms with Gasteiger partial charge in [0.05, 0.1) is 5.56 Å². The van der Waals surface area contributed by atoms with Gasteiger partial charge in [0.15, 0.2) is 0 Å². The highest BCUT2D eigenvalue weighted by Crippen LogP contribution is 2.33. The second-order valence-electron chi connectivity index (χ2n) is 9.30.